The maximum atomic E-state index is 12.5. The van der Waals surface area contributed by atoms with E-state index in [1.54, 1.807) is 54.9 Å². The van der Waals surface area contributed by atoms with Gasteiger partial charge in [-0.05, 0) is 47.7 Å². The number of anilines is 1. The monoisotopic (exact) mass is 312 g/mol. The maximum Gasteiger partial charge on any atom is 0.298 e. The Kier molecular flexibility index (Phi) is 3.93. The van der Waals surface area contributed by atoms with Gasteiger partial charge in [-0.3, -0.25) is 14.6 Å². The lowest BCUT2D eigenvalue weighted by Crippen LogP contribution is -2.27. The van der Waals surface area contributed by atoms with Crippen LogP contribution in [0.15, 0.2) is 53.7 Å². The molecule has 0 atom stereocenters. The van der Waals surface area contributed by atoms with Crippen molar-refractivity contribution in [3.63, 3.8) is 0 Å². The van der Waals surface area contributed by atoms with E-state index in [1.807, 2.05) is 0 Å². The predicted octanol–water partition coefficient (Wildman–Crippen LogP) is 3.33. The molecule has 5 nitrogen and oxygen atoms in total. The van der Waals surface area contributed by atoms with E-state index in [9.17, 15) is 9.59 Å². The van der Waals surface area contributed by atoms with Gasteiger partial charge in [0.2, 0.25) is 0 Å². The average molecular weight is 312 g/mol. The van der Waals surface area contributed by atoms with Crippen molar-refractivity contribution in [2.24, 2.45) is 0 Å². The van der Waals surface area contributed by atoms with Gasteiger partial charge < -0.3 is 4.74 Å². The highest BCUT2D eigenvalue weighted by atomic mass is 32.2. The van der Waals surface area contributed by atoms with E-state index in [4.69, 9.17) is 4.74 Å². The van der Waals surface area contributed by atoms with Crippen molar-refractivity contribution in [1.29, 1.82) is 0 Å². The Hall–Kier alpha value is -2.60. The van der Waals surface area contributed by atoms with Gasteiger partial charge in [-0.1, -0.05) is 6.07 Å². The highest BCUT2D eigenvalue weighted by Crippen LogP contribution is 2.36. The minimum absolute atomic E-state index is 0.321. The Morgan fingerprint density at radius 1 is 1.18 bits per heavy atom. The van der Waals surface area contributed by atoms with Crippen LogP contribution in [-0.4, -0.2) is 23.2 Å². The average Bonchev–Trinajstić information content (AvgIpc) is 2.82. The first-order chi connectivity index (χ1) is 10.7. The standard InChI is InChI=1S/C16H12N2O3S/c1-21-13-4-2-3-12(10-13)18-15(19)14(22-16(18)20)9-11-5-7-17-8-6-11/h2-10H,1H3/b14-9-. The molecule has 1 aliphatic heterocycles. The molecule has 0 saturated carbocycles. The first-order valence-electron chi connectivity index (χ1n) is 6.51. The van der Waals surface area contributed by atoms with E-state index < -0.39 is 0 Å². The van der Waals surface area contributed by atoms with Gasteiger partial charge >= 0.3 is 0 Å². The SMILES string of the molecule is COc1cccc(N2C(=O)S/C(=C\c3ccncc3)C2=O)c1. The molecule has 0 N–H and O–H groups in total. The number of methoxy groups -OCH3 is 1. The zero-order valence-electron chi connectivity index (χ0n) is 11.7. The summed E-state index contributed by atoms with van der Waals surface area (Å²) in [5.74, 6) is 0.259. The van der Waals surface area contributed by atoms with Crippen LogP contribution in [0.2, 0.25) is 0 Å². The van der Waals surface area contributed by atoms with Crippen molar-refractivity contribution in [2.45, 2.75) is 0 Å². The number of pyridine rings is 1. The zero-order chi connectivity index (χ0) is 15.5. The number of amides is 2. The number of carbonyl (C=O) groups is 2. The number of carbonyl (C=O) groups excluding carboxylic acids is 2. The van der Waals surface area contributed by atoms with E-state index >= 15 is 0 Å². The molecule has 0 aliphatic carbocycles. The topological polar surface area (TPSA) is 59.5 Å². The number of thioether (sulfide) groups is 1. The molecule has 3 rings (SSSR count). The highest BCUT2D eigenvalue weighted by molar-refractivity contribution is 8.19. The van der Waals surface area contributed by atoms with Gasteiger partial charge in [0.25, 0.3) is 11.1 Å². The summed E-state index contributed by atoms with van der Waals surface area (Å²) in [6.07, 6.45) is 4.96. The Bertz CT molecular complexity index is 759. The Balaban J connectivity index is 1.93. The van der Waals surface area contributed by atoms with Gasteiger partial charge in [0.1, 0.15) is 5.75 Å². The van der Waals surface area contributed by atoms with Crippen LogP contribution in [-0.2, 0) is 4.79 Å². The molecule has 0 radical (unpaired) electrons. The van der Waals surface area contributed by atoms with Crippen LogP contribution >= 0.6 is 11.8 Å². The number of benzene rings is 1. The van der Waals surface area contributed by atoms with Gasteiger partial charge in [0.15, 0.2) is 0 Å². The molecule has 1 fully saturated rings. The summed E-state index contributed by atoms with van der Waals surface area (Å²) in [4.78, 5) is 30.1. The molecule has 1 saturated heterocycles. The molecule has 110 valence electrons. The number of hydrogen-bond acceptors (Lipinski definition) is 5. The van der Waals surface area contributed by atoms with E-state index in [0.29, 0.717) is 16.3 Å². The van der Waals surface area contributed by atoms with Crippen molar-refractivity contribution in [2.75, 3.05) is 12.0 Å². The summed E-state index contributed by atoms with van der Waals surface area (Å²) < 4.78 is 5.13. The fourth-order valence-corrected chi connectivity index (χ4v) is 2.89. The van der Waals surface area contributed by atoms with Crippen molar-refractivity contribution < 1.29 is 14.3 Å². The van der Waals surface area contributed by atoms with Crippen LogP contribution in [0.4, 0.5) is 10.5 Å². The van der Waals surface area contributed by atoms with Crippen LogP contribution < -0.4 is 9.64 Å². The molecular formula is C16H12N2O3S. The van der Waals surface area contributed by atoms with Crippen LogP contribution in [0.1, 0.15) is 5.56 Å². The van der Waals surface area contributed by atoms with Gasteiger partial charge in [0, 0.05) is 18.5 Å². The summed E-state index contributed by atoms with van der Waals surface area (Å²) in [6.45, 7) is 0. The molecule has 2 heterocycles. The van der Waals surface area contributed by atoms with Crippen molar-refractivity contribution in [3.05, 3.63) is 59.3 Å². The molecule has 6 heteroatoms. The van der Waals surface area contributed by atoms with Crippen molar-refractivity contribution >= 4 is 34.7 Å². The molecule has 22 heavy (non-hydrogen) atoms. The summed E-state index contributed by atoms with van der Waals surface area (Å²) in [5.41, 5.74) is 1.33. The lowest BCUT2D eigenvalue weighted by molar-refractivity contribution is -0.113. The van der Waals surface area contributed by atoms with Crippen LogP contribution in [0.5, 0.6) is 5.75 Å². The molecule has 2 amide bonds. The molecule has 0 spiro atoms. The van der Waals surface area contributed by atoms with Gasteiger partial charge in [-0.15, -0.1) is 0 Å². The second-order valence-electron chi connectivity index (χ2n) is 4.50. The van der Waals surface area contributed by atoms with E-state index in [2.05, 4.69) is 4.98 Å². The zero-order valence-corrected chi connectivity index (χ0v) is 12.5. The van der Waals surface area contributed by atoms with Crippen LogP contribution in [0, 0.1) is 0 Å². The lowest BCUT2D eigenvalue weighted by Gasteiger charge is -2.13. The van der Waals surface area contributed by atoms with Crippen LogP contribution in [0.3, 0.4) is 0 Å². The third kappa shape index (κ3) is 2.73. The molecule has 1 aromatic carbocycles. The molecule has 0 bridgehead atoms. The fraction of sp³-hybridized carbons (Fsp3) is 0.0625. The van der Waals surface area contributed by atoms with Crippen LogP contribution in [0.25, 0.3) is 6.08 Å². The number of rotatable bonds is 3. The van der Waals surface area contributed by atoms with Crippen molar-refractivity contribution in [3.8, 4) is 5.75 Å². The Morgan fingerprint density at radius 3 is 2.68 bits per heavy atom. The summed E-state index contributed by atoms with van der Waals surface area (Å²) in [5, 5.41) is -0.321. The Labute approximate surface area is 131 Å². The maximum absolute atomic E-state index is 12.5. The number of imide groups is 1. The summed E-state index contributed by atoms with van der Waals surface area (Å²) in [7, 11) is 1.54. The number of aromatic nitrogens is 1. The Morgan fingerprint density at radius 2 is 1.95 bits per heavy atom. The number of nitrogens with zero attached hydrogens (tertiary/aromatic N) is 2. The normalized spacial score (nSPS) is 16.4. The minimum Gasteiger partial charge on any atom is -0.497 e. The number of hydrogen-bond donors (Lipinski definition) is 0. The quantitative estimate of drug-likeness (QED) is 0.814. The number of ether oxygens (including phenoxy) is 1. The first-order valence-corrected chi connectivity index (χ1v) is 7.33. The third-order valence-corrected chi connectivity index (χ3v) is 3.98. The van der Waals surface area contributed by atoms with Gasteiger partial charge in [-0.25, -0.2) is 4.90 Å². The second-order valence-corrected chi connectivity index (χ2v) is 5.49. The molecular weight excluding hydrogens is 300 g/mol. The molecule has 0 unspecified atom stereocenters. The van der Waals surface area contributed by atoms with Gasteiger partial charge in [0.05, 0.1) is 17.7 Å². The molecule has 1 aliphatic rings. The predicted molar refractivity (Wildman–Crippen MR) is 85.7 cm³/mol. The highest BCUT2D eigenvalue weighted by Gasteiger charge is 2.36. The molecule has 2 aromatic rings. The third-order valence-electron chi connectivity index (χ3n) is 3.11. The second kappa shape index (κ2) is 6.03. The van der Waals surface area contributed by atoms with E-state index in [1.165, 1.54) is 7.11 Å². The lowest BCUT2D eigenvalue weighted by atomic mass is 10.2. The summed E-state index contributed by atoms with van der Waals surface area (Å²) >= 11 is 0.922. The van der Waals surface area contributed by atoms with Crippen molar-refractivity contribution in [1.82, 2.24) is 4.98 Å². The van der Waals surface area contributed by atoms with E-state index in [0.717, 1.165) is 22.2 Å². The smallest absolute Gasteiger partial charge is 0.298 e. The largest absolute Gasteiger partial charge is 0.497 e. The first kappa shape index (κ1) is 14.3. The van der Waals surface area contributed by atoms with E-state index in [-0.39, 0.29) is 11.1 Å². The fourth-order valence-electron chi connectivity index (χ4n) is 2.05. The summed E-state index contributed by atoms with van der Waals surface area (Å²) in [6, 6.07) is 10.4. The van der Waals surface area contributed by atoms with Gasteiger partial charge in [-0.2, -0.15) is 0 Å². The minimum atomic E-state index is -0.333. The molecule has 1 aromatic heterocycles.